The van der Waals surface area contributed by atoms with Crippen LogP contribution in [-0.2, 0) is 11.2 Å². The van der Waals surface area contributed by atoms with Gasteiger partial charge in [-0.25, -0.2) is 4.39 Å². The molecule has 3 nitrogen and oxygen atoms in total. The minimum absolute atomic E-state index is 0.0219. The molecule has 1 aromatic rings. The van der Waals surface area contributed by atoms with Crippen LogP contribution in [0.15, 0.2) is 24.3 Å². The zero-order chi connectivity index (χ0) is 13.8. The third-order valence-corrected chi connectivity index (χ3v) is 3.69. The molecule has 1 heterocycles. The predicted molar refractivity (Wildman–Crippen MR) is 71.3 cm³/mol. The second-order valence-electron chi connectivity index (χ2n) is 5.38. The quantitative estimate of drug-likeness (QED) is 0.899. The summed E-state index contributed by atoms with van der Waals surface area (Å²) in [5, 5.41) is 9.64. The maximum Gasteiger partial charge on any atom is 0.151 e. The first-order chi connectivity index (χ1) is 9.06. The van der Waals surface area contributed by atoms with Gasteiger partial charge in [-0.15, -0.1) is 0 Å². The highest BCUT2D eigenvalue weighted by Crippen LogP contribution is 2.16. The number of carbonyl (C=O) groups excluding carboxylic acids is 1. The Labute approximate surface area is 113 Å². The summed E-state index contributed by atoms with van der Waals surface area (Å²) in [7, 11) is 0. The number of benzene rings is 1. The number of piperidine rings is 1. The number of carbonyl (C=O) groups is 1. The van der Waals surface area contributed by atoms with Crippen LogP contribution in [0.25, 0.3) is 0 Å². The number of nitrogens with zero attached hydrogens (tertiary/aromatic N) is 1. The van der Waals surface area contributed by atoms with Gasteiger partial charge in [0.1, 0.15) is 5.82 Å². The minimum atomic E-state index is -0.321. The maximum absolute atomic E-state index is 13.4. The first-order valence-electron chi connectivity index (χ1n) is 6.72. The summed E-state index contributed by atoms with van der Waals surface area (Å²) >= 11 is 0. The van der Waals surface area contributed by atoms with Gasteiger partial charge in [0.05, 0.1) is 12.6 Å². The summed E-state index contributed by atoms with van der Waals surface area (Å²) in [5.74, 6) is -0.109. The SMILES string of the molecule is CC1CN(CC(=O)Cc2ccccc2F)CCC1O. The molecule has 1 aliphatic rings. The molecular weight excluding hydrogens is 245 g/mol. The normalized spacial score (nSPS) is 24.4. The van der Waals surface area contributed by atoms with Crippen molar-refractivity contribution >= 4 is 5.78 Å². The molecule has 0 amide bonds. The van der Waals surface area contributed by atoms with E-state index in [2.05, 4.69) is 0 Å². The molecule has 0 aliphatic carbocycles. The van der Waals surface area contributed by atoms with Crippen molar-refractivity contribution in [1.82, 2.24) is 4.90 Å². The Morgan fingerprint density at radius 3 is 2.89 bits per heavy atom. The molecular formula is C15H20FNO2. The van der Waals surface area contributed by atoms with Crippen LogP contribution in [0.1, 0.15) is 18.9 Å². The first-order valence-corrected chi connectivity index (χ1v) is 6.72. The lowest BCUT2D eigenvalue weighted by atomic mass is 9.96. The number of aliphatic hydroxyl groups is 1. The van der Waals surface area contributed by atoms with Gasteiger partial charge in [0.25, 0.3) is 0 Å². The minimum Gasteiger partial charge on any atom is -0.393 e. The van der Waals surface area contributed by atoms with Gasteiger partial charge >= 0.3 is 0 Å². The number of aliphatic hydroxyl groups excluding tert-OH is 1. The molecule has 1 N–H and O–H groups in total. The average molecular weight is 265 g/mol. The Morgan fingerprint density at radius 1 is 1.47 bits per heavy atom. The second-order valence-corrected chi connectivity index (χ2v) is 5.38. The molecule has 1 fully saturated rings. The van der Waals surface area contributed by atoms with E-state index >= 15 is 0 Å². The molecule has 0 bridgehead atoms. The van der Waals surface area contributed by atoms with Gasteiger partial charge in [0.2, 0.25) is 0 Å². The molecule has 19 heavy (non-hydrogen) atoms. The van der Waals surface area contributed by atoms with Crippen LogP contribution in [0.3, 0.4) is 0 Å². The lowest BCUT2D eigenvalue weighted by molar-refractivity contribution is -0.120. The number of ketones is 1. The highest BCUT2D eigenvalue weighted by atomic mass is 19.1. The summed E-state index contributed by atoms with van der Waals surface area (Å²) in [6, 6.07) is 6.39. The van der Waals surface area contributed by atoms with Crippen LogP contribution < -0.4 is 0 Å². The van der Waals surface area contributed by atoms with Crippen molar-refractivity contribution in [3.8, 4) is 0 Å². The first kappa shape index (κ1) is 14.2. The van der Waals surface area contributed by atoms with Crippen LogP contribution >= 0.6 is 0 Å². The van der Waals surface area contributed by atoms with Crippen molar-refractivity contribution in [1.29, 1.82) is 0 Å². The predicted octanol–water partition coefficient (Wildman–Crippen LogP) is 1.64. The molecule has 2 atom stereocenters. The zero-order valence-electron chi connectivity index (χ0n) is 11.2. The van der Waals surface area contributed by atoms with Gasteiger partial charge in [0.15, 0.2) is 5.78 Å². The number of rotatable bonds is 4. The topological polar surface area (TPSA) is 40.5 Å². The Hall–Kier alpha value is -1.26. The average Bonchev–Trinajstić information content (AvgIpc) is 2.37. The third kappa shape index (κ3) is 3.85. The highest BCUT2D eigenvalue weighted by molar-refractivity contribution is 5.82. The molecule has 2 rings (SSSR count). The van der Waals surface area contributed by atoms with E-state index in [4.69, 9.17) is 0 Å². The molecule has 0 spiro atoms. The Bertz CT molecular complexity index is 450. The van der Waals surface area contributed by atoms with Gasteiger partial charge < -0.3 is 5.11 Å². The largest absolute Gasteiger partial charge is 0.393 e. The van der Waals surface area contributed by atoms with E-state index in [-0.39, 0.29) is 30.0 Å². The summed E-state index contributed by atoms with van der Waals surface area (Å²) < 4.78 is 13.4. The van der Waals surface area contributed by atoms with Crippen molar-refractivity contribution in [3.63, 3.8) is 0 Å². The fourth-order valence-electron chi connectivity index (χ4n) is 2.52. The molecule has 4 heteroatoms. The van der Waals surface area contributed by atoms with Crippen molar-refractivity contribution in [2.75, 3.05) is 19.6 Å². The molecule has 1 saturated heterocycles. The van der Waals surface area contributed by atoms with Gasteiger partial charge in [-0.1, -0.05) is 25.1 Å². The van der Waals surface area contributed by atoms with E-state index in [9.17, 15) is 14.3 Å². The molecule has 104 valence electrons. The van der Waals surface area contributed by atoms with E-state index in [1.54, 1.807) is 18.2 Å². The van der Waals surface area contributed by atoms with E-state index < -0.39 is 0 Å². The smallest absolute Gasteiger partial charge is 0.151 e. The molecule has 2 unspecified atom stereocenters. The lowest BCUT2D eigenvalue weighted by Gasteiger charge is -2.33. The molecule has 1 aliphatic heterocycles. The van der Waals surface area contributed by atoms with Crippen LogP contribution in [0.2, 0.25) is 0 Å². The van der Waals surface area contributed by atoms with Crippen LogP contribution in [0, 0.1) is 11.7 Å². The fraction of sp³-hybridized carbons (Fsp3) is 0.533. The number of halogens is 1. The van der Waals surface area contributed by atoms with Crippen LogP contribution in [0.4, 0.5) is 4.39 Å². The monoisotopic (exact) mass is 265 g/mol. The van der Waals surface area contributed by atoms with E-state index in [0.29, 0.717) is 18.5 Å². The van der Waals surface area contributed by atoms with Crippen molar-refractivity contribution in [2.24, 2.45) is 5.92 Å². The van der Waals surface area contributed by atoms with Crippen molar-refractivity contribution in [2.45, 2.75) is 25.9 Å². The number of Topliss-reactive ketones (excluding diaryl/α,β-unsaturated/α-hetero) is 1. The molecule has 0 saturated carbocycles. The van der Waals surface area contributed by atoms with Gasteiger partial charge in [0, 0.05) is 19.5 Å². The zero-order valence-corrected chi connectivity index (χ0v) is 11.2. The maximum atomic E-state index is 13.4. The Kier molecular flexibility index (Phi) is 4.66. The number of likely N-dealkylation sites (tertiary alicyclic amines) is 1. The Morgan fingerprint density at radius 2 is 2.21 bits per heavy atom. The van der Waals surface area contributed by atoms with Crippen LogP contribution in [-0.4, -0.2) is 41.5 Å². The molecule has 0 radical (unpaired) electrons. The van der Waals surface area contributed by atoms with E-state index in [1.807, 2.05) is 11.8 Å². The van der Waals surface area contributed by atoms with Crippen LogP contribution in [0.5, 0.6) is 0 Å². The highest BCUT2D eigenvalue weighted by Gasteiger charge is 2.25. The third-order valence-electron chi connectivity index (χ3n) is 3.69. The second kappa shape index (κ2) is 6.26. The molecule has 1 aromatic carbocycles. The van der Waals surface area contributed by atoms with E-state index in [1.165, 1.54) is 6.07 Å². The number of hydrogen-bond acceptors (Lipinski definition) is 3. The summed E-state index contributed by atoms with van der Waals surface area (Å²) in [6.45, 7) is 3.78. The number of hydrogen-bond donors (Lipinski definition) is 1. The Balaban J connectivity index is 1.87. The fourth-order valence-corrected chi connectivity index (χ4v) is 2.52. The van der Waals surface area contributed by atoms with Gasteiger partial charge in [-0.3, -0.25) is 9.69 Å². The van der Waals surface area contributed by atoms with Crippen molar-refractivity contribution in [3.05, 3.63) is 35.6 Å². The molecule has 0 aromatic heterocycles. The summed E-state index contributed by atoms with van der Waals surface area (Å²) in [5.41, 5.74) is 0.456. The van der Waals surface area contributed by atoms with E-state index in [0.717, 1.165) is 13.1 Å². The lowest BCUT2D eigenvalue weighted by Crippen LogP contribution is -2.44. The summed E-state index contributed by atoms with van der Waals surface area (Å²) in [6.07, 6.45) is 0.576. The van der Waals surface area contributed by atoms with Gasteiger partial charge in [-0.2, -0.15) is 0 Å². The van der Waals surface area contributed by atoms with Gasteiger partial charge in [-0.05, 0) is 24.0 Å². The standard InChI is InChI=1S/C15H20FNO2/c1-11-9-17(7-6-15(11)19)10-13(18)8-12-4-2-3-5-14(12)16/h2-5,11,15,19H,6-10H2,1H3. The summed E-state index contributed by atoms with van der Waals surface area (Å²) in [4.78, 5) is 14.0. The van der Waals surface area contributed by atoms with Crippen molar-refractivity contribution < 1.29 is 14.3 Å².